The molecule has 2 aromatic carbocycles. The molecular formula is C21H22N2O4. The molecule has 0 heterocycles. The second-order valence-electron chi connectivity index (χ2n) is 5.42. The van der Waals surface area contributed by atoms with Gasteiger partial charge in [-0.3, -0.25) is 4.79 Å². The number of amides is 1. The number of nitrogens with zero attached hydrogens (tertiary/aromatic N) is 1. The Bertz CT molecular complexity index is 851. The van der Waals surface area contributed by atoms with E-state index in [-0.39, 0.29) is 5.57 Å². The normalized spacial score (nSPS) is 10.7. The molecular weight excluding hydrogens is 344 g/mol. The minimum atomic E-state index is -0.491. The summed E-state index contributed by atoms with van der Waals surface area (Å²) in [6.07, 6.45) is 1.50. The van der Waals surface area contributed by atoms with E-state index in [0.717, 1.165) is 0 Å². The van der Waals surface area contributed by atoms with Gasteiger partial charge in [-0.2, -0.15) is 5.26 Å². The molecule has 0 aliphatic heterocycles. The highest BCUT2D eigenvalue weighted by molar-refractivity contribution is 6.09. The van der Waals surface area contributed by atoms with E-state index in [4.69, 9.17) is 14.2 Å². The maximum absolute atomic E-state index is 12.4. The van der Waals surface area contributed by atoms with Crippen LogP contribution in [0.5, 0.6) is 17.2 Å². The van der Waals surface area contributed by atoms with Gasteiger partial charge in [-0.05, 0) is 61.9 Å². The van der Waals surface area contributed by atoms with Gasteiger partial charge >= 0.3 is 0 Å². The van der Waals surface area contributed by atoms with Gasteiger partial charge in [-0.15, -0.1) is 0 Å². The Hall–Kier alpha value is -3.46. The Morgan fingerprint density at radius 2 is 1.78 bits per heavy atom. The molecule has 0 fully saturated rings. The van der Waals surface area contributed by atoms with Crippen LogP contribution >= 0.6 is 0 Å². The van der Waals surface area contributed by atoms with Gasteiger partial charge < -0.3 is 19.5 Å². The number of carbonyl (C=O) groups excluding carboxylic acids is 1. The molecule has 6 nitrogen and oxygen atoms in total. The summed E-state index contributed by atoms with van der Waals surface area (Å²) < 4.78 is 16.1. The van der Waals surface area contributed by atoms with Gasteiger partial charge in [-0.25, -0.2) is 0 Å². The average Bonchev–Trinajstić information content (AvgIpc) is 2.68. The highest BCUT2D eigenvalue weighted by Gasteiger charge is 2.11. The molecule has 0 saturated carbocycles. The monoisotopic (exact) mass is 366 g/mol. The molecule has 27 heavy (non-hydrogen) atoms. The number of benzene rings is 2. The predicted octanol–water partition coefficient (Wildman–Crippen LogP) is 4.04. The van der Waals surface area contributed by atoms with Crippen LogP contribution in [0.4, 0.5) is 5.69 Å². The van der Waals surface area contributed by atoms with Crippen LogP contribution in [0.15, 0.2) is 48.0 Å². The van der Waals surface area contributed by atoms with Crippen molar-refractivity contribution in [1.82, 2.24) is 0 Å². The van der Waals surface area contributed by atoms with Crippen molar-refractivity contribution in [2.45, 2.75) is 13.8 Å². The van der Waals surface area contributed by atoms with Crippen LogP contribution in [0.3, 0.4) is 0 Å². The maximum atomic E-state index is 12.4. The van der Waals surface area contributed by atoms with Crippen molar-refractivity contribution in [3.63, 3.8) is 0 Å². The summed E-state index contributed by atoms with van der Waals surface area (Å²) in [6.45, 7) is 4.86. The number of rotatable bonds is 8. The summed E-state index contributed by atoms with van der Waals surface area (Å²) in [5, 5.41) is 12.1. The van der Waals surface area contributed by atoms with E-state index in [9.17, 15) is 10.1 Å². The third-order valence-electron chi connectivity index (χ3n) is 3.59. The first-order valence-electron chi connectivity index (χ1n) is 8.58. The van der Waals surface area contributed by atoms with Crippen LogP contribution in [0.1, 0.15) is 19.4 Å². The zero-order valence-corrected chi connectivity index (χ0v) is 15.6. The molecule has 0 saturated heterocycles. The number of nitrogens with one attached hydrogen (secondary N) is 1. The second kappa shape index (κ2) is 9.88. The molecule has 0 unspecified atom stereocenters. The van der Waals surface area contributed by atoms with Crippen molar-refractivity contribution in [3.05, 3.63) is 53.6 Å². The fourth-order valence-electron chi connectivity index (χ4n) is 2.36. The summed E-state index contributed by atoms with van der Waals surface area (Å²) in [5.74, 6) is 1.37. The fraction of sp³-hybridized carbons (Fsp3) is 0.238. The molecule has 2 aromatic rings. The highest BCUT2D eigenvalue weighted by atomic mass is 16.5. The Balaban J connectivity index is 2.17. The summed E-state index contributed by atoms with van der Waals surface area (Å²) in [4.78, 5) is 12.4. The molecule has 0 aromatic heterocycles. The van der Waals surface area contributed by atoms with E-state index in [2.05, 4.69) is 5.32 Å². The summed E-state index contributed by atoms with van der Waals surface area (Å²) in [7, 11) is 1.54. The molecule has 6 heteroatoms. The minimum Gasteiger partial charge on any atom is -0.494 e. The largest absolute Gasteiger partial charge is 0.494 e. The van der Waals surface area contributed by atoms with Crippen LogP contribution in [0, 0.1) is 11.3 Å². The van der Waals surface area contributed by atoms with E-state index in [1.54, 1.807) is 42.5 Å². The molecule has 0 spiro atoms. The highest BCUT2D eigenvalue weighted by Crippen LogP contribution is 2.29. The molecule has 140 valence electrons. The van der Waals surface area contributed by atoms with Crippen LogP contribution < -0.4 is 19.5 Å². The number of methoxy groups -OCH3 is 1. The third-order valence-corrected chi connectivity index (χ3v) is 3.59. The van der Waals surface area contributed by atoms with E-state index < -0.39 is 5.91 Å². The van der Waals surface area contributed by atoms with Gasteiger partial charge in [0.15, 0.2) is 11.5 Å². The molecule has 2 rings (SSSR count). The number of hydrogen-bond donors (Lipinski definition) is 1. The zero-order valence-electron chi connectivity index (χ0n) is 15.6. The molecule has 0 radical (unpaired) electrons. The van der Waals surface area contributed by atoms with Crippen molar-refractivity contribution in [3.8, 4) is 23.3 Å². The SMILES string of the molecule is CCOc1ccc(NC(=O)/C(C#N)=C/c2ccc(OCC)c(OC)c2)cc1. The summed E-state index contributed by atoms with van der Waals surface area (Å²) in [5.41, 5.74) is 1.22. The van der Waals surface area contributed by atoms with Crippen molar-refractivity contribution in [1.29, 1.82) is 5.26 Å². The van der Waals surface area contributed by atoms with E-state index >= 15 is 0 Å². The molecule has 0 aliphatic rings. The van der Waals surface area contributed by atoms with Crippen molar-refractivity contribution < 1.29 is 19.0 Å². The minimum absolute atomic E-state index is 0.0184. The first kappa shape index (κ1) is 19.9. The van der Waals surface area contributed by atoms with E-state index in [1.165, 1.54) is 13.2 Å². The summed E-state index contributed by atoms with van der Waals surface area (Å²) >= 11 is 0. The first-order valence-corrected chi connectivity index (χ1v) is 8.58. The van der Waals surface area contributed by atoms with Gasteiger partial charge in [-0.1, -0.05) is 6.07 Å². The molecule has 0 aliphatic carbocycles. The first-order chi connectivity index (χ1) is 13.1. The second-order valence-corrected chi connectivity index (χ2v) is 5.42. The lowest BCUT2D eigenvalue weighted by Crippen LogP contribution is -2.13. The van der Waals surface area contributed by atoms with Gasteiger partial charge in [0.2, 0.25) is 0 Å². The maximum Gasteiger partial charge on any atom is 0.266 e. The lowest BCUT2D eigenvalue weighted by atomic mass is 10.1. The van der Waals surface area contributed by atoms with Crippen LogP contribution in [-0.2, 0) is 4.79 Å². The van der Waals surface area contributed by atoms with Gasteiger partial charge in [0.1, 0.15) is 17.4 Å². The Morgan fingerprint density at radius 1 is 1.07 bits per heavy atom. The molecule has 1 amide bonds. The predicted molar refractivity (Wildman–Crippen MR) is 104 cm³/mol. The third kappa shape index (κ3) is 5.51. The number of ether oxygens (including phenoxy) is 3. The quantitative estimate of drug-likeness (QED) is 0.563. The lowest BCUT2D eigenvalue weighted by Gasteiger charge is -2.10. The molecule has 1 N–H and O–H groups in total. The van der Waals surface area contributed by atoms with Crippen molar-refractivity contribution in [2.75, 3.05) is 25.6 Å². The Morgan fingerprint density at radius 3 is 2.37 bits per heavy atom. The lowest BCUT2D eigenvalue weighted by molar-refractivity contribution is -0.112. The van der Waals surface area contributed by atoms with Gasteiger partial charge in [0.05, 0.1) is 20.3 Å². The molecule has 0 atom stereocenters. The molecule has 0 bridgehead atoms. The van der Waals surface area contributed by atoms with Crippen molar-refractivity contribution >= 4 is 17.7 Å². The van der Waals surface area contributed by atoms with Gasteiger partial charge in [0, 0.05) is 5.69 Å². The van der Waals surface area contributed by atoms with Crippen LogP contribution in [-0.4, -0.2) is 26.2 Å². The number of anilines is 1. The fourth-order valence-corrected chi connectivity index (χ4v) is 2.36. The Labute approximate surface area is 159 Å². The van der Waals surface area contributed by atoms with E-state index in [0.29, 0.717) is 41.7 Å². The zero-order chi connectivity index (χ0) is 19.6. The smallest absolute Gasteiger partial charge is 0.266 e. The van der Waals surface area contributed by atoms with Crippen LogP contribution in [0.2, 0.25) is 0 Å². The Kier molecular flexibility index (Phi) is 7.26. The topological polar surface area (TPSA) is 80.6 Å². The van der Waals surface area contributed by atoms with Gasteiger partial charge in [0.25, 0.3) is 5.91 Å². The van der Waals surface area contributed by atoms with E-state index in [1.807, 2.05) is 19.9 Å². The number of nitriles is 1. The number of hydrogen-bond acceptors (Lipinski definition) is 5. The number of carbonyl (C=O) groups is 1. The van der Waals surface area contributed by atoms with Crippen LogP contribution in [0.25, 0.3) is 6.08 Å². The average molecular weight is 366 g/mol. The summed E-state index contributed by atoms with van der Waals surface area (Å²) in [6, 6.07) is 14.1. The standard InChI is InChI=1S/C21H22N2O4/c1-4-26-18-9-7-17(8-10-18)23-21(24)16(14-22)12-15-6-11-19(27-5-2)20(13-15)25-3/h6-13H,4-5H2,1-3H3,(H,23,24)/b16-12+. The van der Waals surface area contributed by atoms with Crippen molar-refractivity contribution in [2.24, 2.45) is 0 Å².